The second-order valence-electron chi connectivity index (χ2n) is 8.10. The maximum Gasteiger partial charge on any atom is 0.243 e. The van der Waals surface area contributed by atoms with Gasteiger partial charge in [-0.15, -0.1) is 0 Å². The summed E-state index contributed by atoms with van der Waals surface area (Å²) in [5, 5.41) is 0. The van der Waals surface area contributed by atoms with Crippen molar-refractivity contribution in [1.29, 1.82) is 0 Å². The summed E-state index contributed by atoms with van der Waals surface area (Å²) in [6, 6.07) is 5.54. The van der Waals surface area contributed by atoms with Crippen LogP contribution in [0.15, 0.2) is 29.2 Å². The van der Waals surface area contributed by atoms with E-state index in [0.29, 0.717) is 19.0 Å². The zero-order valence-corrected chi connectivity index (χ0v) is 16.9. The maximum atomic E-state index is 13.1. The van der Waals surface area contributed by atoms with Gasteiger partial charge >= 0.3 is 0 Å². The van der Waals surface area contributed by atoms with E-state index in [1.807, 2.05) is 4.90 Å². The van der Waals surface area contributed by atoms with Crippen LogP contribution in [0, 0.1) is 11.7 Å². The summed E-state index contributed by atoms with van der Waals surface area (Å²) in [5.74, 6) is -0.679. The third-order valence-electron chi connectivity index (χ3n) is 6.42. The Hall–Kier alpha value is -1.51. The smallest absolute Gasteiger partial charge is 0.243 e. The van der Waals surface area contributed by atoms with Crippen LogP contribution in [0.3, 0.4) is 0 Å². The number of carbonyl (C=O) groups excluding carboxylic acids is 1. The minimum Gasteiger partial charge on any atom is -0.340 e. The Kier molecular flexibility index (Phi) is 5.71. The minimum absolute atomic E-state index is 0.0721. The number of piperazine rings is 1. The van der Waals surface area contributed by atoms with Gasteiger partial charge in [-0.25, -0.2) is 12.8 Å². The van der Waals surface area contributed by atoms with Crippen LogP contribution < -0.4 is 0 Å². The van der Waals surface area contributed by atoms with E-state index in [4.69, 9.17) is 0 Å². The molecule has 4 rings (SSSR count). The minimum atomic E-state index is -3.68. The lowest BCUT2D eigenvalue weighted by molar-refractivity contribution is -0.137. The van der Waals surface area contributed by atoms with E-state index in [2.05, 4.69) is 4.90 Å². The van der Waals surface area contributed by atoms with Crippen molar-refractivity contribution in [3.63, 3.8) is 0 Å². The van der Waals surface area contributed by atoms with Crippen molar-refractivity contribution in [2.24, 2.45) is 5.92 Å². The molecule has 28 heavy (non-hydrogen) atoms. The first-order valence-corrected chi connectivity index (χ1v) is 11.7. The van der Waals surface area contributed by atoms with Crippen LogP contribution in [-0.4, -0.2) is 73.7 Å². The standard InChI is InChI=1S/C20H28FN3O3S/c21-17-5-7-19(8-6-17)28(26,27)24-10-9-16(15-24)20(25)23-13-11-22(12-14-23)18-3-1-2-4-18/h5-8,16,18H,1-4,9-15H2/t16-/m0/s1. The fraction of sp³-hybridized carbons (Fsp3) is 0.650. The van der Waals surface area contributed by atoms with Gasteiger partial charge in [0.05, 0.1) is 10.8 Å². The molecule has 1 aliphatic carbocycles. The first-order chi connectivity index (χ1) is 13.4. The third-order valence-corrected chi connectivity index (χ3v) is 8.30. The van der Waals surface area contributed by atoms with Gasteiger partial charge in [0.1, 0.15) is 5.82 Å². The predicted molar refractivity (Wildman–Crippen MR) is 104 cm³/mol. The van der Waals surface area contributed by atoms with Crippen molar-refractivity contribution in [3.8, 4) is 0 Å². The summed E-state index contributed by atoms with van der Waals surface area (Å²) in [7, 11) is -3.68. The number of halogens is 1. The van der Waals surface area contributed by atoms with Crippen molar-refractivity contribution >= 4 is 15.9 Å². The van der Waals surface area contributed by atoms with Gasteiger partial charge in [0.25, 0.3) is 0 Å². The fourth-order valence-electron chi connectivity index (χ4n) is 4.74. The van der Waals surface area contributed by atoms with Crippen LogP contribution >= 0.6 is 0 Å². The molecule has 0 N–H and O–H groups in total. The molecule has 0 bridgehead atoms. The van der Waals surface area contributed by atoms with Crippen LogP contribution in [0.25, 0.3) is 0 Å². The second kappa shape index (κ2) is 8.08. The van der Waals surface area contributed by atoms with Gasteiger partial charge in [-0.05, 0) is 43.5 Å². The van der Waals surface area contributed by atoms with Crippen molar-refractivity contribution in [1.82, 2.24) is 14.1 Å². The Balaban J connectivity index is 1.34. The fourth-order valence-corrected chi connectivity index (χ4v) is 6.24. The first-order valence-electron chi connectivity index (χ1n) is 10.2. The molecular weight excluding hydrogens is 381 g/mol. The normalized spacial score (nSPS) is 25.5. The molecule has 1 aromatic carbocycles. The lowest BCUT2D eigenvalue weighted by Gasteiger charge is -2.38. The van der Waals surface area contributed by atoms with Gasteiger partial charge in [-0.1, -0.05) is 12.8 Å². The largest absolute Gasteiger partial charge is 0.340 e. The molecule has 1 aromatic rings. The average Bonchev–Trinajstić information content (AvgIpc) is 3.40. The zero-order chi connectivity index (χ0) is 19.7. The van der Waals surface area contributed by atoms with E-state index < -0.39 is 15.8 Å². The number of rotatable bonds is 4. The highest BCUT2D eigenvalue weighted by atomic mass is 32.2. The first kappa shape index (κ1) is 19.8. The molecule has 0 aromatic heterocycles. The molecule has 2 heterocycles. The van der Waals surface area contributed by atoms with Crippen molar-refractivity contribution in [2.75, 3.05) is 39.3 Å². The second-order valence-corrected chi connectivity index (χ2v) is 10.0. The molecule has 1 amide bonds. The summed E-state index contributed by atoms with van der Waals surface area (Å²) >= 11 is 0. The summed E-state index contributed by atoms with van der Waals surface area (Å²) in [6.45, 7) is 3.84. The number of hydrogen-bond donors (Lipinski definition) is 0. The summed E-state index contributed by atoms with van der Waals surface area (Å²) in [4.78, 5) is 17.4. The molecule has 6 nitrogen and oxygen atoms in total. The molecule has 0 unspecified atom stereocenters. The maximum absolute atomic E-state index is 13.1. The van der Waals surface area contributed by atoms with Gasteiger partial charge < -0.3 is 4.90 Å². The number of carbonyl (C=O) groups is 1. The van der Waals surface area contributed by atoms with Crippen molar-refractivity contribution in [3.05, 3.63) is 30.1 Å². The molecule has 154 valence electrons. The van der Waals surface area contributed by atoms with Gasteiger partial charge in [0.2, 0.25) is 15.9 Å². The molecule has 2 saturated heterocycles. The van der Waals surface area contributed by atoms with E-state index in [1.54, 1.807) is 0 Å². The average molecular weight is 410 g/mol. The SMILES string of the molecule is O=C([C@H]1CCN(S(=O)(=O)c2ccc(F)cc2)C1)N1CCN(C2CCCC2)CC1. The lowest BCUT2D eigenvalue weighted by atomic mass is 10.1. The number of hydrogen-bond acceptors (Lipinski definition) is 4. The van der Waals surface area contributed by atoms with Gasteiger partial charge in [-0.2, -0.15) is 4.31 Å². The number of sulfonamides is 1. The molecule has 0 spiro atoms. The van der Waals surface area contributed by atoms with Crippen LogP contribution in [0.5, 0.6) is 0 Å². The lowest BCUT2D eigenvalue weighted by Crippen LogP contribution is -2.52. The zero-order valence-electron chi connectivity index (χ0n) is 16.1. The molecule has 3 aliphatic rings. The topological polar surface area (TPSA) is 60.9 Å². The van der Waals surface area contributed by atoms with Crippen molar-refractivity contribution in [2.45, 2.75) is 43.0 Å². The Morgan fingerprint density at radius 1 is 0.929 bits per heavy atom. The van der Waals surface area contributed by atoms with E-state index in [9.17, 15) is 17.6 Å². The molecule has 1 atom stereocenters. The molecule has 2 aliphatic heterocycles. The third kappa shape index (κ3) is 3.95. The monoisotopic (exact) mass is 409 g/mol. The summed E-state index contributed by atoms with van der Waals surface area (Å²) in [6.07, 6.45) is 5.70. The molecule has 3 fully saturated rings. The number of benzene rings is 1. The highest BCUT2D eigenvalue weighted by Gasteiger charge is 2.38. The molecule has 0 radical (unpaired) electrons. The van der Waals surface area contributed by atoms with Crippen molar-refractivity contribution < 1.29 is 17.6 Å². The highest BCUT2D eigenvalue weighted by Crippen LogP contribution is 2.28. The predicted octanol–water partition coefficient (Wildman–Crippen LogP) is 1.92. The van der Waals surface area contributed by atoms with Gasteiger partial charge in [0, 0.05) is 45.3 Å². The molecule has 8 heteroatoms. The van der Waals surface area contributed by atoms with Crippen LogP contribution in [0.4, 0.5) is 4.39 Å². The number of nitrogens with zero attached hydrogens (tertiary/aromatic N) is 3. The van der Waals surface area contributed by atoms with E-state index in [1.165, 1.54) is 42.1 Å². The van der Waals surface area contributed by atoms with Crippen LogP contribution in [-0.2, 0) is 14.8 Å². The highest BCUT2D eigenvalue weighted by molar-refractivity contribution is 7.89. The number of amides is 1. The Morgan fingerprint density at radius 2 is 1.57 bits per heavy atom. The Labute approximate surface area is 166 Å². The van der Waals surface area contributed by atoms with E-state index in [0.717, 1.165) is 38.3 Å². The molecule has 1 saturated carbocycles. The summed E-state index contributed by atoms with van der Waals surface area (Å²) in [5.41, 5.74) is 0. The van der Waals surface area contributed by atoms with E-state index in [-0.39, 0.29) is 23.3 Å². The van der Waals surface area contributed by atoms with E-state index >= 15 is 0 Å². The van der Waals surface area contributed by atoms with Crippen LogP contribution in [0.2, 0.25) is 0 Å². The van der Waals surface area contributed by atoms with Gasteiger partial charge in [-0.3, -0.25) is 9.69 Å². The molecular formula is C20H28FN3O3S. The van der Waals surface area contributed by atoms with Crippen LogP contribution in [0.1, 0.15) is 32.1 Å². The summed E-state index contributed by atoms with van der Waals surface area (Å²) < 4.78 is 40.0. The Morgan fingerprint density at radius 3 is 2.21 bits per heavy atom. The van der Waals surface area contributed by atoms with Gasteiger partial charge in [0.15, 0.2) is 0 Å². The Bertz CT molecular complexity index is 800. The quantitative estimate of drug-likeness (QED) is 0.762.